The molecular formula is C35H45FN8O5S. The fourth-order valence-electron chi connectivity index (χ4n) is 4.87. The van der Waals surface area contributed by atoms with E-state index in [9.17, 15) is 19.4 Å². The Balaban J connectivity index is 0.00000160. The summed E-state index contributed by atoms with van der Waals surface area (Å²) in [5.74, 6) is 0.310. The molecule has 0 aliphatic carbocycles. The standard InChI is InChI=1S/C32H41FN8O4S.C3H4O/c1-6-7-8-24(22(3)33)37-31(44)28-19-35-32(46-28)38-29-27(45-5)10-9-25(36-29)23-17-26(40(13-15-42)14-16-43)30(34-18-23)41-12-11-39(4)21(2)20-41;1-2-3-4/h6-10,17-19,21,42-43H,3,11-16,20H2,1-2,4-5H3,(H,37,44)(H,35,36,38);2-3H,1H2/b7-6-,24-8+;. The first-order chi connectivity index (χ1) is 24.1. The molecule has 1 atom stereocenters. The number of amides is 1. The molecule has 0 saturated carbocycles. The summed E-state index contributed by atoms with van der Waals surface area (Å²) in [6.45, 7) is 13.3. The fraction of sp³-hybridized carbons (Fsp3) is 0.343. The molecule has 0 spiro atoms. The van der Waals surface area contributed by atoms with Crippen molar-refractivity contribution in [1.29, 1.82) is 0 Å². The van der Waals surface area contributed by atoms with Crippen LogP contribution in [-0.4, -0.2) is 108 Å². The van der Waals surface area contributed by atoms with Gasteiger partial charge in [-0.15, -0.1) is 0 Å². The third-order valence-electron chi connectivity index (χ3n) is 7.61. The van der Waals surface area contributed by atoms with Crippen LogP contribution < -0.4 is 25.2 Å². The molecule has 4 rings (SSSR count). The van der Waals surface area contributed by atoms with E-state index in [1.807, 2.05) is 17.0 Å². The van der Waals surface area contributed by atoms with Gasteiger partial charge in [-0.25, -0.2) is 19.3 Å². The van der Waals surface area contributed by atoms with Gasteiger partial charge < -0.3 is 40.3 Å². The van der Waals surface area contributed by atoms with Gasteiger partial charge >= 0.3 is 0 Å². The Labute approximate surface area is 296 Å². The number of hydrogen-bond acceptors (Lipinski definition) is 13. The third kappa shape index (κ3) is 10.8. The molecule has 3 aromatic rings. The molecule has 4 N–H and O–H groups in total. The molecule has 1 aliphatic heterocycles. The lowest BCUT2D eigenvalue weighted by Crippen LogP contribution is -2.50. The van der Waals surface area contributed by atoms with E-state index in [-0.39, 0.29) is 23.8 Å². The fourth-order valence-corrected chi connectivity index (χ4v) is 5.58. The van der Waals surface area contributed by atoms with Crippen molar-refractivity contribution in [3.05, 3.63) is 84.5 Å². The average molecular weight is 709 g/mol. The average Bonchev–Trinajstić information content (AvgIpc) is 3.59. The molecule has 15 heteroatoms. The molecular weight excluding hydrogens is 664 g/mol. The number of aromatic nitrogens is 3. The van der Waals surface area contributed by atoms with E-state index >= 15 is 0 Å². The van der Waals surface area contributed by atoms with Crippen LogP contribution in [0.15, 0.2) is 79.6 Å². The lowest BCUT2D eigenvalue weighted by atomic mass is 10.1. The minimum atomic E-state index is -0.764. The van der Waals surface area contributed by atoms with Gasteiger partial charge in [0.25, 0.3) is 5.91 Å². The van der Waals surface area contributed by atoms with Crippen LogP contribution in [0.25, 0.3) is 11.3 Å². The number of halogens is 1. The highest BCUT2D eigenvalue weighted by Crippen LogP contribution is 2.35. The maximum atomic E-state index is 13.8. The number of aliphatic hydroxyl groups excluding tert-OH is 2. The molecule has 0 radical (unpaired) electrons. The van der Waals surface area contributed by atoms with Gasteiger partial charge in [0.2, 0.25) is 0 Å². The summed E-state index contributed by atoms with van der Waals surface area (Å²) >= 11 is 1.07. The number of aliphatic hydroxyl groups is 2. The number of allylic oxidation sites excluding steroid dienone is 5. The van der Waals surface area contributed by atoms with Crippen molar-refractivity contribution in [3.8, 4) is 17.0 Å². The summed E-state index contributed by atoms with van der Waals surface area (Å²) in [5, 5.41) is 25.6. The summed E-state index contributed by atoms with van der Waals surface area (Å²) in [5.41, 5.74) is 2.07. The molecule has 0 aromatic carbocycles. The second-order valence-corrected chi connectivity index (χ2v) is 12.0. The van der Waals surface area contributed by atoms with Gasteiger partial charge in [-0.2, -0.15) is 0 Å². The molecule has 3 aromatic heterocycles. The van der Waals surface area contributed by atoms with Crippen molar-refractivity contribution < 1.29 is 28.9 Å². The maximum Gasteiger partial charge on any atom is 0.267 e. The number of piperazine rings is 1. The Morgan fingerprint density at radius 3 is 2.54 bits per heavy atom. The molecule has 1 unspecified atom stereocenters. The van der Waals surface area contributed by atoms with Gasteiger partial charge in [0, 0.05) is 50.5 Å². The Morgan fingerprint density at radius 2 is 1.94 bits per heavy atom. The van der Waals surface area contributed by atoms with E-state index in [0.717, 1.165) is 48.0 Å². The molecule has 1 saturated heterocycles. The maximum absolute atomic E-state index is 13.8. The zero-order chi connectivity index (χ0) is 36.6. The van der Waals surface area contributed by atoms with Crippen molar-refractivity contribution in [2.75, 3.05) is 75.2 Å². The van der Waals surface area contributed by atoms with Gasteiger partial charge in [-0.3, -0.25) is 9.59 Å². The van der Waals surface area contributed by atoms with Crippen LogP contribution in [0.1, 0.15) is 23.5 Å². The number of ether oxygens (including phenoxy) is 1. The normalized spacial score (nSPS) is 14.8. The summed E-state index contributed by atoms with van der Waals surface area (Å²) in [7, 11) is 3.63. The summed E-state index contributed by atoms with van der Waals surface area (Å²) in [6.07, 6.45) is 9.71. The number of nitrogens with one attached hydrogen (secondary N) is 2. The van der Waals surface area contributed by atoms with E-state index < -0.39 is 11.7 Å². The number of likely N-dealkylation sites (N-methyl/N-ethyl adjacent to an activating group) is 1. The lowest BCUT2D eigenvalue weighted by molar-refractivity contribution is -0.104. The Hall–Kier alpha value is -4.96. The van der Waals surface area contributed by atoms with Gasteiger partial charge in [0.05, 0.1) is 43.6 Å². The molecule has 13 nitrogen and oxygen atoms in total. The molecule has 0 bridgehead atoms. The van der Waals surface area contributed by atoms with Crippen molar-refractivity contribution in [2.45, 2.75) is 19.9 Å². The quantitative estimate of drug-likeness (QED) is 0.101. The van der Waals surface area contributed by atoms with Gasteiger partial charge in [0.1, 0.15) is 17.0 Å². The number of thiazole rings is 1. The van der Waals surface area contributed by atoms with E-state index in [2.05, 4.69) is 52.5 Å². The number of anilines is 4. The van der Waals surface area contributed by atoms with E-state index in [4.69, 9.17) is 19.5 Å². The number of rotatable bonds is 15. The van der Waals surface area contributed by atoms with E-state index in [1.165, 1.54) is 25.5 Å². The summed E-state index contributed by atoms with van der Waals surface area (Å²) < 4.78 is 19.4. The number of nitrogens with zero attached hydrogens (tertiary/aromatic N) is 6. The predicted octanol–water partition coefficient (Wildman–Crippen LogP) is 4.33. The molecule has 1 aliphatic rings. The first-order valence-corrected chi connectivity index (χ1v) is 16.7. The Morgan fingerprint density at radius 1 is 1.22 bits per heavy atom. The summed E-state index contributed by atoms with van der Waals surface area (Å²) in [4.78, 5) is 42.5. The molecule has 4 heterocycles. The topological polar surface area (TPSA) is 156 Å². The number of hydrogen-bond donors (Lipinski definition) is 4. The molecule has 268 valence electrons. The molecule has 50 heavy (non-hydrogen) atoms. The van der Waals surface area contributed by atoms with E-state index in [0.29, 0.717) is 47.8 Å². The van der Waals surface area contributed by atoms with Crippen molar-refractivity contribution in [1.82, 2.24) is 25.2 Å². The minimum absolute atomic E-state index is 0.0419. The molecule has 1 amide bonds. The minimum Gasteiger partial charge on any atom is -0.493 e. The van der Waals surface area contributed by atoms with Crippen LogP contribution in [0, 0.1) is 0 Å². The van der Waals surface area contributed by atoms with E-state index in [1.54, 1.807) is 31.3 Å². The SMILES string of the molecule is C=C(F)/C(=C\C=C/C)NC(=O)c1cnc(Nc2nc(-c3cnc(N4CCN(C)C(C)C4)c(N(CCO)CCO)c3)ccc2OC)s1.C=CC=O. The number of methoxy groups -OCH3 is 1. The Bertz CT molecular complexity index is 1670. The van der Waals surface area contributed by atoms with Crippen LogP contribution in [0.2, 0.25) is 0 Å². The highest BCUT2D eigenvalue weighted by Gasteiger charge is 2.26. The second-order valence-electron chi connectivity index (χ2n) is 11.0. The zero-order valence-electron chi connectivity index (χ0n) is 28.8. The van der Waals surface area contributed by atoms with Crippen LogP contribution in [0.3, 0.4) is 0 Å². The largest absolute Gasteiger partial charge is 0.493 e. The van der Waals surface area contributed by atoms with Gasteiger partial charge in [-0.1, -0.05) is 36.6 Å². The van der Waals surface area contributed by atoms with Gasteiger partial charge in [0.15, 0.2) is 22.5 Å². The lowest BCUT2D eigenvalue weighted by Gasteiger charge is -2.40. The van der Waals surface area contributed by atoms with Gasteiger partial charge in [-0.05, 0) is 51.2 Å². The number of aldehydes is 1. The van der Waals surface area contributed by atoms with Crippen molar-refractivity contribution in [3.63, 3.8) is 0 Å². The van der Waals surface area contributed by atoms with Crippen LogP contribution >= 0.6 is 11.3 Å². The smallest absolute Gasteiger partial charge is 0.267 e. The van der Waals surface area contributed by atoms with Crippen molar-refractivity contribution in [2.24, 2.45) is 0 Å². The summed E-state index contributed by atoms with van der Waals surface area (Å²) in [6, 6.07) is 5.89. The highest BCUT2D eigenvalue weighted by molar-refractivity contribution is 7.17. The second kappa shape index (κ2) is 19.9. The van der Waals surface area contributed by atoms with Crippen LogP contribution in [-0.2, 0) is 4.79 Å². The van der Waals surface area contributed by atoms with Crippen molar-refractivity contribution >= 4 is 46.0 Å². The predicted molar refractivity (Wildman–Crippen MR) is 197 cm³/mol. The monoisotopic (exact) mass is 708 g/mol. The van der Waals surface area contributed by atoms with Crippen LogP contribution in [0.4, 0.5) is 26.8 Å². The first-order valence-electron chi connectivity index (χ1n) is 15.9. The third-order valence-corrected chi connectivity index (χ3v) is 8.52. The molecule has 1 fully saturated rings. The highest BCUT2D eigenvalue weighted by atomic mass is 32.1. The number of pyridine rings is 2. The van der Waals surface area contributed by atoms with Crippen LogP contribution in [0.5, 0.6) is 5.75 Å². The number of carbonyl (C=O) groups is 2. The zero-order valence-corrected chi connectivity index (χ0v) is 29.6. The Kier molecular flexibility index (Phi) is 15.7. The first kappa shape index (κ1) is 39.5. The number of carbonyl (C=O) groups excluding carboxylic acids is 2.